The van der Waals surface area contributed by atoms with Crippen molar-refractivity contribution in [2.24, 2.45) is 11.1 Å². The van der Waals surface area contributed by atoms with Gasteiger partial charge in [0.05, 0.1) is 16.3 Å². The van der Waals surface area contributed by atoms with Gasteiger partial charge in [0, 0.05) is 28.5 Å². The molecule has 1 unspecified atom stereocenters. The Kier molecular flexibility index (Phi) is 7.57. The van der Waals surface area contributed by atoms with E-state index in [0.717, 1.165) is 29.7 Å². The first-order chi connectivity index (χ1) is 18.7. The van der Waals surface area contributed by atoms with Gasteiger partial charge in [-0.15, -0.1) is 11.3 Å². The Hall–Kier alpha value is -3.54. The molecule has 1 atom stereocenters. The molecule has 7 nitrogen and oxygen atoms in total. The molecule has 0 spiro atoms. The summed E-state index contributed by atoms with van der Waals surface area (Å²) in [6, 6.07) is 9.21. The second kappa shape index (κ2) is 10.9. The zero-order chi connectivity index (χ0) is 27.8. The van der Waals surface area contributed by atoms with E-state index in [0.29, 0.717) is 39.9 Å². The molecule has 1 aliphatic carbocycles. The van der Waals surface area contributed by atoms with Crippen LogP contribution in [0.2, 0.25) is 0 Å². The Labute approximate surface area is 230 Å². The molecule has 11 heteroatoms. The first-order valence-corrected chi connectivity index (χ1v) is 14.4. The van der Waals surface area contributed by atoms with Gasteiger partial charge in [0.15, 0.2) is 5.69 Å². The van der Waals surface area contributed by atoms with Crippen molar-refractivity contribution in [1.82, 2.24) is 14.8 Å². The molecule has 0 saturated heterocycles. The Morgan fingerprint density at radius 3 is 2.62 bits per heavy atom. The molecular formula is C28H26F2N4O3S2. The molecule has 0 bridgehead atoms. The van der Waals surface area contributed by atoms with Gasteiger partial charge in [-0.2, -0.15) is 5.10 Å². The fourth-order valence-electron chi connectivity index (χ4n) is 4.48. The largest absolute Gasteiger partial charge is 0.476 e. The average molecular weight is 569 g/mol. The number of thiazole rings is 1. The van der Waals surface area contributed by atoms with Gasteiger partial charge in [0.1, 0.15) is 22.6 Å². The minimum atomic E-state index is -1.95. The van der Waals surface area contributed by atoms with E-state index in [1.807, 2.05) is 19.9 Å². The number of aromatic carboxylic acids is 1. The highest BCUT2D eigenvalue weighted by Gasteiger charge is 2.29. The topological polar surface area (TPSA) is 111 Å². The van der Waals surface area contributed by atoms with Crippen LogP contribution in [-0.4, -0.2) is 30.0 Å². The average Bonchev–Trinajstić information content (AvgIpc) is 3.46. The molecule has 2 aromatic carbocycles. The van der Waals surface area contributed by atoms with Gasteiger partial charge in [-0.3, -0.25) is 0 Å². The predicted molar refractivity (Wildman–Crippen MR) is 147 cm³/mol. The third-order valence-corrected chi connectivity index (χ3v) is 8.43. The van der Waals surface area contributed by atoms with Crippen molar-refractivity contribution >= 4 is 33.9 Å². The van der Waals surface area contributed by atoms with Crippen LogP contribution in [0.25, 0.3) is 22.0 Å². The second-order valence-electron chi connectivity index (χ2n) is 9.56. The minimum absolute atomic E-state index is 0.0776. The number of allylic oxidation sites excluding steroid dienone is 2. The molecule has 2 heterocycles. The third kappa shape index (κ3) is 5.61. The number of aromatic nitrogens is 3. The molecule has 5 rings (SSSR count). The zero-order valence-electron chi connectivity index (χ0n) is 21.3. The molecule has 1 aliphatic rings. The highest BCUT2D eigenvalue weighted by molar-refractivity contribution is 7.82. The summed E-state index contributed by atoms with van der Waals surface area (Å²) in [5, 5.41) is 21.6. The van der Waals surface area contributed by atoms with E-state index in [4.69, 9.17) is 10.2 Å². The molecule has 202 valence electrons. The van der Waals surface area contributed by atoms with Crippen LogP contribution in [0.15, 0.2) is 52.7 Å². The summed E-state index contributed by atoms with van der Waals surface area (Å²) in [5.41, 5.74) is 4.67. The summed E-state index contributed by atoms with van der Waals surface area (Å²) < 4.78 is 42.8. The van der Waals surface area contributed by atoms with Gasteiger partial charge in [-0.05, 0) is 80.5 Å². The molecule has 39 heavy (non-hydrogen) atoms. The van der Waals surface area contributed by atoms with Gasteiger partial charge in [0.2, 0.25) is 5.13 Å². The number of nitrogens with two attached hydrogens (primary N) is 1. The normalized spacial score (nSPS) is 14.5. The van der Waals surface area contributed by atoms with E-state index in [1.54, 1.807) is 22.9 Å². The van der Waals surface area contributed by atoms with E-state index < -0.39 is 22.8 Å². The summed E-state index contributed by atoms with van der Waals surface area (Å²) in [4.78, 5) is 15.7. The molecule has 1 saturated carbocycles. The molecule has 0 aliphatic heterocycles. The fraction of sp³-hybridized carbons (Fsp3) is 0.250. The zero-order valence-corrected chi connectivity index (χ0v) is 22.9. The minimum Gasteiger partial charge on any atom is -0.476 e. The third-order valence-electron chi connectivity index (χ3n) is 6.85. The van der Waals surface area contributed by atoms with Crippen molar-refractivity contribution in [3.8, 4) is 16.4 Å². The molecule has 1 fully saturated rings. The monoisotopic (exact) mass is 568 g/mol. The highest BCUT2D eigenvalue weighted by atomic mass is 32.2. The van der Waals surface area contributed by atoms with E-state index in [2.05, 4.69) is 4.98 Å². The maximum atomic E-state index is 14.7. The standard InChI is InChI=1S/C28H26F2N4O3S2/c1-3-15(2)19-13-18(7-8-21(19)29)26-20(10-17-6-9-25(39(31)37)22(30)11-17)24(12-16-4-5-16)34(33-26)28-32-23(14-38-28)27(35)36/h3,6-9,11,13-14,16H,4-5,10,12,31H2,1-2H3,(H,35,36)/b15-3+. The van der Waals surface area contributed by atoms with E-state index in [9.17, 15) is 22.9 Å². The quantitative estimate of drug-likeness (QED) is 0.260. The van der Waals surface area contributed by atoms with Gasteiger partial charge < -0.3 is 5.11 Å². The summed E-state index contributed by atoms with van der Waals surface area (Å²) in [5.74, 6) is -1.71. The van der Waals surface area contributed by atoms with Crippen LogP contribution in [0.3, 0.4) is 0 Å². The smallest absolute Gasteiger partial charge is 0.355 e. The molecule has 2 aromatic heterocycles. The summed E-state index contributed by atoms with van der Waals surface area (Å²) in [6.07, 6.45) is 4.92. The van der Waals surface area contributed by atoms with Gasteiger partial charge in [0.25, 0.3) is 0 Å². The van der Waals surface area contributed by atoms with Crippen LogP contribution in [0.4, 0.5) is 8.78 Å². The number of carbonyl (C=O) groups is 1. The van der Waals surface area contributed by atoms with Crippen LogP contribution >= 0.6 is 11.3 Å². The Morgan fingerprint density at radius 2 is 2.00 bits per heavy atom. The van der Waals surface area contributed by atoms with Crippen molar-refractivity contribution < 1.29 is 22.9 Å². The summed E-state index contributed by atoms with van der Waals surface area (Å²) in [6.45, 7) is 3.67. The number of carboxylic acids is 1. The van der Waals surface area contributed by atoms with Crippen LogP contribution in [0.5, 0.6) is 0 Å². The van der Waals surface area contributed by atoms with Crippen LogP contribution in [0.1, 0.15) is 59.6 Å². The number of rotatable bonds is 9. The lowest BCUT2D eigenvalue weighted by Crippen LogP contribution is -2.07. The number of benzene rings is 2. The van der Waals surface area contributed by atoms with Crippen LogP contribution < -0.4 is 5.14 Å². The van der Waals surface area contributed by atoms with Crippen molar-refractivity contribution in [3.05, 3.63) is 87.6 Å². The first kappa shape index (κ1) is 27.0. The first-order valence-electron chi connectivity index (χ1n) is 12.3. The highest BCUT2D eigenvalue weighted by Crippen LogP contribution is 2.39. The van der Waals surface area contributed by atoms with Crippen molar-refractivity contribution in [2.45, 2.75) is 44.4 Å². The van der Waals surface area contributed by atoms with Gasteiger partial charge in [-0.1, -0.05) is 12.1 Å². The Bertz CT molecular complexity index is 1640. The Balaban J connectivity index is 1.71. The molecule has 0 amide bonds. The fourth-order valence-corrected chi connectivity index (χ4v) is 5.70. The summed E-state index contributed by atoms with van der Waals surface area (Å²) in [7, 11) is -1.95. The van der Waals surface area contributed by atoms with Crippen molar-refractivity contribution in [2.75, 3.05) is 0 Å². The van der Waals surface area contributed by atoms with Crippen molar-refractivity contribution in [3.63, 3.8) is 0 Å². The number of halogens is 2. The van der Waals surface area contributed by atoms with E-state index >= 15 is 0 Å². The number of carboxylic acid groups (broad SMARTS) is 1. The number of hydrogen-bond acceptors (Lipinski definition) is 5. The SMILES string of the molecule is C/C=C(\C)c1cc(-c2nn(-c3nc(C(=O)O)cs3)c(CC3CC3)c2Cc2ccc(S(N)=O)c(F)c2)ccc1F. The number of nitrogens with zero attached hydrogens (tertiary/aromatic N) is 3. The lowest BCUT2D eigenvalue weighted by Gasteiger charge is -2.10. The van der Waals surface area contributed by atoms with E-state index in [-0.39, 0.29) is 22.8 Å². The summed E-state index contributed by atoms with van der Waals surface area (Å²) >= 11 is 1.17. The van der Waals surface area contributed by atoms with Crippen LogP contribution in [0, 0.1) is 17.6 Å². The molecule has 3 N–H and O–H groups in total. The predicted octanol–water partition coefficient (Wildman–Crippen LogP) is 5.92. The second-order valence-corrected chi connectivity index (χ2v) is 11.4. The van der Waals surface area contributed by atoms with Gasteiger partial charge in [-0.25, -0.2) is 32.6 Å². The molecular weight excluding hydrogens is 542 g/mol. The van der Waals surface area contributed by atoms with Crippen molar-refractivity contribution in [1.29, 1.82) is 0 Å². The molecule has 0 radical (unpaired) electrons. The number of hydrogen-bond donors (Lipinski definition) is 2. The lowest BCUT2D eigenvalue weighted by atomic mass is 9.95. The maximum Gasteiger partial charge on any atom is 0.355 e. The molecule has 4 aromatic rings. The van der Waals surface area contributed by atoms with Crippen LogP contribution in [-0.2, 0) is 23.8 Å². The lowest BCUT2D eigenvalue weighted by molar-refractivity contribution is 0.0691. The van der Waals surface area contributed by atoms with E-state index in [1.165, 1.54) is 34.9 Å². The Morgan fingerprint density at radius 1 is 1.23 bits per heavy atom. The maximum absolute atomic E-state index is 14.7. The van der Waals surface area contributed by atoms with Gasteiger partial charge >= 0.3 is 5.97 Å².